The highest BCUT2D eigenvalue weighted by Gasteiger charge is 2.14. The number of rotatable bonds is 3. The van der Waals surface area contributed by atoms with Crippen molar-refractivity contribution >= 4 is 28.9 Å². The fourth-order valence-electron chi connectivity index (χ4n) is 2.32. The van der Waals surface area contributed by atoms with E-state index in [-0.39, 0.29) is 10.9 Å². The molecule has 1 aromatic carbocycles. The van der Waals surface area contributed by atoms with E-state index < -0.39 is 5.82 Å². The van der Waals surface area contributed by atoms with Gasteiger partial charge in [-0.25, -0.2) is 4.39 Å². The Morgan fingerprint density at radius 3 is 2.78 bits per heavy atom. The molecule has 1 amide bonds. The number of halogens is 2. The lowest BCUT2D eigenvalue weighted by Gasteiger charge is -2.28. The zero-order valence-electron chi connectivity index (χ0n) is 12.3. The minimum atomic E-state index is -0.527. The average molecular weight is 336 g/mol. The topological polar surface area (TPSA) is 54.5 Å². The largest absolute Gasteiger partial charge is 0.378 e. The third-order valence-electron chi connectivity index (χ3n) is 3.54. The molecule has 0 bridgehead atoms. The Hall–Kier alpha value is -2.18. The third kappa shape index (κ3) is 3.78. The number of amides is 1. The van der Waals surface area contributed by atoms with Gasteiger partial charge in [-0.3, -0.25) is 9.78 Å². The monoisotopic (exact) mass is 335 g/mol. The lowest BCUT2D eigenvalue weighted by molar-refractivity contribution is 0.102. The molecule has 7 heteroatoms. The van der Waals surface area contributed by atoms with E-state index in [9.17, 15) is 9.18 Å². The fourth-order valence-corrected chi connectivity index (χ4v) is 2.50. The first kappa shape index (κ1) is 15.7. The lowest BCUT2D eigenvalue weighted by atomic mass is 10.2. The van der Waals surface area contributed by atoms with Crippen molar-refractivity contribution in [3.8, 4) is 0 Å². The number of hydrogen-bond donors (Lipinski definition) is 1. The molecule has 2 aromatic rings. The maximum atomic E-state index is 13.1. The number of ether oxygens (including phenoxy) is 1. The summed E-state index contributed by atoms with van der Waals surface area (Å²) in [5.41, 5.74) is 1.73. The van der Waals surface area contributed by atoms with Crippen LogP contribution in [0.3, 0.4) is 0 Å². The molecule has 0 aliphatic carbocycles. The van der Waals surface area contributed by atoms with Crippen molar-refractivity contribution in [3.05, 3.63) is 53.1 Å². The van der Waals surface area contributed by atoms with E-state index >= 15 is 0 Å². The number of carbonyl (C=O) groups excluding carboxylic acids is 1. The molecule has 3 rings (SSSR count). The quantitative estimate of drug-likeness (QED) is 0.937. The number of pyridine rings is 1. The van der Waals surface area contributed by atoms with Gasteiger partial charge in [0.15, 0.2) is 0 Å². The van der Waals surface area contributed by atoms with E-state index in [1.807, 2.05) is 0 Å². The molecule has 1 fully saturated rings. The lowest BCUT2D eigenvalue weighted by Crippen LogP contribution is -2.36. The van der Waals surface area contributed by atoms with Gasteiger partial charge in [0.1, 0.15) is 5.82 Å². The zero-order valence-corrected chi connectivity index (χ0v) is 13.0. The highest BCUT2D eigenvalue weighted by molar-refractivity contribution is 6.31. The minimum Gasteiger partial charge on any atom is -0.378 e. The van der Waals surface area contributed by atoms with Gasteiger partial charge in [-0.15, -0.1) is 0 Å². The first-order valence-electron chi connectivity index (χ1n) is 7.17. The highest BCUT2D eigenvalue weighted by Crippen LogP contribution is 2.21. The van der Waals surface area contributed by atoms with Crippen molar-refractivity contribution in [2.24, 2.45) is 0 Å². The van der Waals surface area contributed by atoms with Gasteiger partial charge in [-0.2, -0.15) is 0 Å². The van der Waals surface area contributed by atoms with E-state index in [1.165, 1.54) is 24.4 Å². The summed E-state index contributed by atoms with van der Waals surface area (Å²) in [5.74, 6) is -0.851. The Labute approximate surface area is 138 Å². The zero-order chi connectivity index (χ0) is 16.2. The van der Waals surface area contributed by atoms with Crippen LogP contribution in [0.25, 0.3) is 0 Å². The second-order valence-electron chi connectivity index (χ2n) is 5.11. The van der Waals surface area contributed by atoms with Crippen molar-refractivity contribution in [1.82, 2.24) is 4.98 Å². The predicted molar refractivity (Wildman–Crippen MR) is 86.6 cm³/mol. The molecule has 0 radical (unpaired) electrons. The molecule has 1 N–H and O–H groups in total. The third-order valence-corrected chi connectivity index (χ3v) is 3.83. The van der Waals surface area contributed by atoms with E-state index in [1.54, 1.807) is 12.3 Å². The van der Waals surface area contributed by atoms with Crippen molar-refractivity contribution in [2.75, 3.05) is 36.5 Å². The number of hydrogen-bond acceptors (Lipinski definition) is 4. The Morgan fingerprint density at radius 1 is 1.26 bits per heavy atom. The Kier molecular flexibility index (Phi) is 4.73. The first-order chi connectivity index (χ1) is 11.1. The van der Waals surface area contributed by atoms with Gasteiger partial charge in [0, 0.05) is 25.0 Å². The molecular weight excluding hydrogens is 321 g/mol. The summed E-state index contributed by atoms with van der Waals surface area (Å²) in [6.45, 7) is 2.84. The summed E-state index contributed by atoms with van der Waals surface area (Å²) in [5, 5.41) is 2.64. The van der Waals surface area contributed by atoms with Crippen LogP contribution in [0, 0.1) is 5.82 Å². The number of benzene rings is 1. The number of nitrogens with zero attached hydrogens (tertiary/aromatic N) is 2. The van der Waals surface area contributed by atoms with E-state index in [2.05, 4.69) is 15.2 Å². The van der Waals surface area contributed by atoms with Crippen molar-refractivity contribution < 1.29 is 13.9 Å². The van der Waals surface area contributed by atoms with Gasteiger partial charge in [0.05, 0.1) is 35.7 Å². The van der Waals surface area contributed by atoms with Gasteiger partial charge in [0.25, 0.3) is 5.91 Å². The SMILES string of the molecule is O=C(Nc1ccc(F)c(Cl)c1)c1cncc(N2CCOCC2)c1. The normalized spacial score (nSPS) is 14.6. The molecule has 0 unspecified atom stereocenters. The number of nitrogens with one attached hydrogen (secondary N) is 1. The van der Waals surface area contributed by atoms with Crippen LogP contribution in [0.2, 0.25) is 5.02 Å². The van der Waals surface area contributed by atoms with Gasteiger partial charge >= 0.3 is 0 Å². The predicted octanol–water partition coefficient (Wildman–Crippen LogP) is 2.96. The smallest absolute Gasteiger partial charge is 0.257 e. The van der Waals surface area contributed by atoms with Crippen LogP contribution in [-0.2, 0) is 4.74 Å². The van der Waals surface area contributed by atoms with Gasteiger partial charge < -0.3 is 15.0 Å². The van der Waals surface area contributed by atoms with Gasteiger partial charge in [-0.05, 0) is 24.3 Å². The van der Waals surface area contributed by atoms with E-state index in [0.29, 0.717) is 24.5 Å². The van der Waals surface area contributed by atoms with Crippen molar-refractivity contribution in [3.63, 3.8) is 0 Å². The first-order valence-corrected chi connectivity index (χ1v) is 7.55. The summed E-state index contributed by atoms with van der Waals surface area (Å²) >= 11 is 5.71. The summed E-state index contributed by atoms with van der Waals surface area (Å²) in [4.78, 5) is 18.6. The molecule has 1 aliphatic heterocycles. The van der Waals surface area contributed by atoms with Crippen LogP contribution in [0.1, 0.15) is 10.4 Å². The molecule has 5 nitrogen and oxygen atoms in total. The van der Waals surface area contributed by atoms with Crippen molar-refractivity contribution in [2.45, 2.75) is 0 Å². The van der Waals surface area contributed by atoms with Crippen molar-refractivity contribution in [1.29, 1.82) is 0 Å². The van der Waals surface area contributed by atoms with Crippen LogP contribution >= 0.6 is 11.6 Å². The molecule has 2 heterocycles. The molecule has 0 saturated carbocycles. The number of aromatic nitrogens is 1. The molecule has 1 saturated heterocycles. The fraction of sp³-hybridized carbons (Fsp3) is 0.250. The summed E-state index contributed by atoms with van der Waals surface area (Å²) < 4.78 is 18.5. The summed E-state index contributed by atoms with van der Waals surface area (Å²) in [6.07, 6.45) is 3.21. The second kappa shape index (κ2) is 6.93. The van der Waals surface area contributed by atoms with Crippen LogP contribution in [0.5, 0.6) is 0 Å². The Bertz CT molecular complexity index is 720. The Morgan fingerprint density at radius 2 is 2.04 bits per heavy atom. The summed E-state index contributed by atoms with van der Waals surface area (Å²) in [6, 6.07) is 5.81. The van der Waals surface area contributed by atoms with Crippen LogP contribution < -0.4 is 10.2 Å². The van der Waals surface area contributed by atoms with E-state index in [4.69, 9.17) is 16.3 Å². The number of carbonyl (C=O) groups is 1. The second-order valence-corrected chi connectivity index (χ2v) is 5.52. The molecule has 23 heavy (non-hydrogen) atoms. The standard InChI is InChI=1S/C16H15ClFN3O2/c17-14-8-12(1-2-15(14)18)20-16(22)11-7-13(10-19-9-11)21-3-5-23-6-4-21/h1-2,7-10H,3-6H2,(H,20,22). The molecule has 0 atom stereocenters. The molecule has 0 spiro atoms. The van der Waals surface area contributed by atoms with Crippen LogP contribution in [0.4, 0.5) is 15.8 Å². The summed E-state index contributed by atoms with van der Waals surface area (Å²) in [7, 11) is 0. The molecule has 120 valence electrons. The number of morpholine rings is 1. The highest BCUT2D eigenvalue weighted by atomic mass is 35.5. The van der Waals surface area contributed by atoms with Crippen LogP contribution in [-0.4, -0.2) is 37.2 Å². The van der Waals surface area contributed by atoms with E-state index in [0.717, 1.165) is 18.8 Å². The maximum Gasteiger partial charge on any atom is 0.257 e. The van der Waals surface area contributed by atoms with Crippen LogP contribution in [0.15, 0.2) is 36.7 Å². The van der Waals surface area contributed by atoms with Gasteiger partial charge in [0.2, 0.25) is 0 Å². The molecule has 1 aliphatic rings. The number of anilines is 2. The Balaban J connectivity index is 1.75. The minimum absolute atomic E-state index is 0.0389. The maximum absolute atomic E-state index is 13.1. The molecular formula is C16H15ClFN3O2. The average Bonchev–Trinajstić information content (AvgIpc) is 2.59. The molecule has 1 aromatic heterocycles. The van der Waals surface area contributed by atoms with Gasteiger partial charge in [-0.1, -0.05) is 11.6 Å².